The molecular formula is C21H22Cl2O6. The largest absolute Gasteiger partial charge is 0.503 e. The fourth-order valence-corrected chi connectivity index (χ4v) is 3.10. The first-order valence-electron chi connectivity index (χ1n) is 8.84. The number of hydrogen-bond donors (Lipinski definition) is 1. The van der Waals surface area contributed by atoms with Gasteiger partial charge >= 0.3 is 5.97 Å². The number of rotatable bonds is 11. The SMILES string of the molecule is CCOCCOc1c(Cl)cc(OCc2ccccc2/C(=C\OC)C(=O)O)cc1Cl. The normalized spacial score (nSPS) is 11.2. The average Bonchev–Trinajstić information content (AvgIpc) is 2.69. The van der Waals surface area contributed by atoms with Gasteiger partial charge in [-0.1, -0.05) is 47.5 Å². The van der Waals surface area contributed by atoms with Crippen molar-refractivity contribution < 1.29 is 28.8 Å². The van der Waals surface area contributed by atoms with Gasteiger partial charge in [-0.05, 0) is 18.1 Å². The van der Waals surface area contributed by atoms with Crippen molar-refractivity contribution in [2.75, 3.05) is 26.9 Å². The second kappa shape index (κ2) is 11.6. The van der Waals surface area contributed by atoms with Crippen LogP contribution in [0.5, 0.6) is 11.5 Å². The van der Waals surface area contributed by atoms with Crippen molar-refractivity contribution in [3.8, 4) is 11.5 Å². The Labute approximate surface area is 179 Å². The van der Waals surface area contributed by atoms with Gasteiger partial charge in [0.2, 0.25) is 0 Å². The zero-order valence-electron chi connectivity index (χ0n) is 16.1. The topological polar surface area (TPSA) is 74.2 Å². The van der Waals surface area contributed by atoms with Crippen molar-refractivity contribution >= 4 is 34.7 Å². The third kappa shape index (κ3) is 6.56. The van der Waals surface area contributed by atoms with E-state index in [9.17, 15) is 9.90 Å². The minimum absolute atomic E-state index is 0.0285. The van der Waals surface area contributed by atoms with Crippen LogP contribution >= 0.6 is 23.2 Å². The smallest absolute Gasteiger partial charge is 0.339 e. The molecule has 1 N–H and O–H groups in total. The fourth-order valence-electron chi connectivity index (χ4n) is 2.52. The van der Waals surface area contributed by atoms with Gasteiger partial charge in [-0.15, -0.1) is 0 Å². The zero-order valence-corrected chi connectivity index (χ0v) is 17.6. The van der Waals surface area contributed by atoms with Crippen molar-refractivity contribution in [2.45, 2.75) is 13.5 Å². The van der Waals surface area contributed by atoms with Crippen molar-refractivity contribution in [3.05, 3.63) is 63.8 Å². The van der Waals surface area contributed by atoms with Crippen LogP contribution in [0.15, 0.2) is 42.7 Å². The molecule has 0 unspecified atom stereocenters. The third-order valence-electron chi connectivity index (χ3n) is 3.82. The predicted molar refractivity (Wildman–Crippen MR) is 112 cm³/mol. The Morgan fingerprint density at radius 1 is 1.10 bits per heavy atom. The first-order valence-corrected chi connectivity index (χ1v) is 9.60. The van der Waals surface area contributed by atoms with Crippen LogP contribution in [0, 0.1) is 0 Å². The van der Waals surface area contributed by atoms with Gasteiger partial charge in [0.25, 0.3) is 0 Å². The van der Waals surface area contributed by atoms with E-state index in [1.165, 1.54) is 13.4 Å². The van der Waals surface area contributed by atoms with Crippen molar-refractivity contribution in [1.29, 1.82) is 0 Å². The molecule has 8 heteroatoms. The summed E-state index contributed by atoms with van der Waals surface area (Å²) in [5.41, 5.74) is 1.19. The molecule has 0 bridgehead atoms. The number of benzene rings is 2. The van der Waals surface area contributed by atoms with E-state index in [1.807, 2.05) is 6.92 Å². The van der Waals surface area contributed by atoms with E-state index in [1.54, 1.807) is 36.4 Å². The Hall–Kier alpha value is -2.41. The molecule has 0 saturated heterocycles. The molecule has 2 aromatic rings. The molecule has 0 saturated carbocycles. The zero-order chi connectivity index (χ0) is 21.2. The number of ether oxygens (including phenoxy) is 4. The van der Waals surface area contributed by atoms with Crippen LogP contribution in [-0.4, -0.2) is 38.0 Å². The molecular weight excluding hydrogens is 419 g/mol. The second-order valence-corrected chi connectivity index (χ2v) is 6.59. The highest BCUT2D eigenvalue weighted by molar-refractivity contribution is 6.37. The first kappa shape index (κ1) is 22.9. The number of hydrogen-bond acceptors (Lipinski definition) is 5. The Balaban J connectivity index is 2.15. The number of carbonyl (C=O) groups is 1. The van der Waals surface area contributed by atoms with Crippen LogP contribution in [0.1, 0.15) is 18.1 Å². The lowest BCUT2D eigenvalue weighted by molar-refractivity contribution is -0.130. The Bertz CT molecular complexity index is 843. The van der Waals surface area contributed by atoms with Gasteiger partial charge in [0.1, 0.15) is 24.5 Å². The molecule has 2 aromatic carbocycles. The summed E-state index contributed by atoms with van der Waals surface area (Å²) >= 11 is 12.5. The summed E-state index contributed by atoms with van der Waals surface area (Å²) in [4.78, 5) is 11.5. The Kier molecular flexibility index (Phi) is 9.12. The standard InChI is InChI=1S/C21H22Cl2O6/c1-3-27-8-9-28-20-18(22)10-15(11-19(20)23)29-12-14-6-4-5-7-16(14)17(13-26-2)21(24)25/h4-7,10-11,13H,3,8-9,12H2,1-2H3,(H,24,25)/b17-13+. The van der Waals surface area contributed by atoms with Crippen LogP contribution in [0.3, 0.4) is 0 Å². The number of methoxy groups -OCH3 is 1. The van der Waals surface area contributed by atoms with E-state index in [2.05, 4.69) is 0 Å². The van der Waals surface area contributed by atoms with Gasteiger partial charge in [0.15, 0.2) is 5.75 Å². The summed E-state index contributed by atoms with van der Waals surface area (Å²) in [7, 11) is 1.39. The van der Waals surface area contributed by atoms with Crippen LogP contribution in [-0.2, 0) is 20.9 Å². The molecule has 0 atom stereocenters. The molecule has 0 aliphatic rings. The highest BCUT2D eigenvalue weighted by Crippen LogP contribution is 2.37. The minimum atomic E-state index is -1.10. The van der Waals surface area contributed by atoms with E-state index < -0.39 is 5.97 Å². The summed E-state index contributed by atoms with van der Waals surface area (Å²) in [6.07, 6.45) is 1.18. The van der Waals surface area contributed by atoms with Crippen molar-refractivity contribution in [3.63, 3.8) is 0 Å². The van der Waals surface area contributed by atoms with E-state index in [0.717, 1.165) is 0 Å². The molecule has 0 spiro atoms. The van der Waals surface area contributed by atoms with Crippen LogP contribution in [0.4, 0.5) is 0 Å². The van der Waals surface area contributed by atoms with Crippen LogP contribution in [0.25, 0.3) is 5.57 Å². The third-order valence-corrected chi connectivity index (χ3v) is 4.38. The first-order chi connectivity index (χ1) is 14.0. The summed E-state index contributed by atoms with van der Waals surface area (Å²) in [6.45, 7) is 3.36. The Morgan fingerprint density at radius 3 is 2.41 bits per heavy atom. The fraction of sp³-hybridized carbons (Fsp3) is 0.286. The predicted octanol–water partition coefficient (Wildman–Crippen LogP) is 5.06. The monoisotopic (exact) mass is 440 g/mol. The van der Waals surface area contributed by atoms with E-state index in [0.29, 0.717) is 52.5 Å². The molecule has 156 valence electrons. The maximum Gasteiger partial charge on any atom is 0.339 e. The summed E-state index contributed by atoms with van der Waals surface area (Å²) < 4.78 is 21.5. The molecule has 2 rings (SSSR count). The van der Waals surface area contributed by atoms with E-state index in [4.69, 9.17) is 42.1 Å². The molecule has 0 aliphatic heterocycles. The highest BCUT2D eigenvalue weighted by Gasteiger charge is 2.16. The van der Waals surface area contributed by atoms with Crippen LogP contribution < -0.4 is 9.47 Å². The van der Waals surface area contributed by atoms with Crippen LogP contribution in [0.2, 0.25) is 10.0 Å². The maximum absolute atomic E-state index is 11.5. The lowest BCUT2D eigenvalue weighted by Crippen LogP contribution is -2.07. The number of carboxylic acid groups (broad SMARTS) is 1. The highest BCUT2D eigenvalue weighted by atomic mass is 35.5. The quantitative estimate of drug-likeness (QED) is 0.299. The number of aliphatic carboxylic acids is 1. The molecule has 0 aliphatic carbocycles. The van der Waals surface area contributed by atoms with E-state index in [-0.39, 0.29) is 12.2 Å². The minimum Gasteiger partial charge on any atom is -0.503 e. The number of carboxylic acids is 1. The average molecular weight is 441 g/mol. The molecule has 0 heterocycles. The Morgan fingerprint density at radius 2 is 1.79 bits per heavy atom. The summed E-state index contributed by atoms with van der Waals surface area (Å²) in [6, 6.07) is 10.2. The van der Waals surface area contributed by atoms with Crippen molar-refractivity contribution in [2.24, 2.45) is 0 Å². The van der Waals surface area contributed by atoms with Gasteiger partial charge in [0, 0.05) is 18.7 Å². The van der Waals surface area contributed by atoms with Gasteiger partial charge in [-0.25, -0.2) is 4.79 Å². The molecule has 6 nitrogen and oxygen atoms in total. The number of halogens is 2. The maximum atomic E-state index is 11.5. The summed E-state index contributed by atoms with van der Waals surface area (Å²) in [5.74, 6) is -0.310. The lowest BCUT2D eigenvalue weighted by Gasteiger charge is -2.14. The molecule has 0 amide bonds. The van der Waals surface area contributed by atoms with E-state index >= 15 is 0 Å². The molecule has 0 aromatic heterocycles. The molecule has 0 radical (unpaired) electrons. The van der Waals surface area contributed by atoms with Gasteiger partial charge in [-0.2, -0.15) is 0 Å². The summed E-state index contributed by atoms with van der Waals surface area (Å²) in [5, 5.41) is 10.0. The van der Waals surface area contributed by atoms with Gasteiger partial charge in [0.05, 0.1) is 30.0 Å². The second-order valence-electron chi connectivity index (χ2n) is 5.78. The molecule has 29 heavy (non-hydrogen) atoms. The lowest BCUT2D eigenvalue weighted by atomic mass is 10.0. The van der Waals surface area contributed by atoms with Crippen molar-refractivity contribution in [1.82, 2.24) is 0 Å². The van der Waals surface area contributed by atoms with Gasteiger partial charge < -0.3 is 24.1 Å². The molecule has 0 fully saturated rings. The van der Waals surface area contributed by atoms with Gasteiger partial charge in [-0.3, -0.25) is 0 Å².